The van der Waals surface area contributed by atoms with Crippen molar-refractivity contribution in [2.45, 2.75) is 0 Å². The van der Waals surface area contributed by atoms with E-state index in [1.54, 1.807) is 6.07 Å². The highest BCUT2D eigenvalue weighted by Crippen LogP contribution is 1.95. The summed E-state index contributed by atoms with van der Waals surface area (Å²) in [6.07, 6.45) is 2.82. The first kappa shape index (κ1) is 6.43. The summed E-state index contributed by atoms with van der Waals surface area (Å²) in [6, 6.07) is 1.59. The Bertz CT molecular complexity index is 274. The largest absolute Gasteiger partial charge is 0.472 e. The number of aliphatic carboxylic acids is 1. The van der Waals surface area contributed by atoms with E-state index in [0.29, 0.717) is 5.56 Å². The molecule has 1 rings (SSSR count). The van der Waals surface area contributed by atoms with Gasteiger partial charge in [-0.2, -0.15) is 0 Å². The number of hydrogen-bond acceptors (Lipinski definition) is 2. The van der Waals surface area contributed by atoms with Crippen molar-refractivity contribution in [3.63, 3.8) is 0 Å². The van der Waals surface area contributed by atoms with Crippen LogP contribution in [0, 0.1) is 11.8 Å². The molecule has 50 valence electrons. The second-order valence-electron chi connectivity index (χ2n) is 1.57. The van der Waals surface area contributed by atoms with E-state index < -0.39 is 5.97 Å². The zero-order chi connectivity index (χ0) is 7.40. The molecule has 0 aliphatic carbocycles. The lowest BCUT2D eigenvalue weighted by Gasteiger charge is -1.71. The van der Waals surface area contributed by atoms with Gasteiger partial charge in [-0.05, 0) is 6.07 Å². The Balaban J connectivity index is 2.75. The van der Waals surface area contributed by atoms with Crippen molar-refractivity contribution in [1.82, 2.24) is 0 Å². The van der Waals surface area contributed by atoms with Crippen LogP contribution in [0.25, 0.3) is 0 Å². The monoisotopic (exact) mass is 136 g/mol. The Morgan fingerprint density at radius 3 is 3.00 bits per heavy atom. The van der Waals surface area contributed by atoms with Gasteiger partial charge in [-0.25, -0.2) is 4.79 Å². The van der Waals surface area contributed by atoms with E-state index in [4.69, 9.17) is 5.11 Å². The van der Waals surface area contributed by atoms with Crippen molar-refractivity contribution in [2.24, 2.45) is 0 Å². The molecule has 0 saturated heterocycles. The number of rotatable bonds is 0. The minimum absolute atomic E-state index is 0.572. The summed E-state index contributed by atoms with van der Waals surface area (Å²) in [4.78, 5) is 9.89. The van der Waals surface area contributed by atoms with Gasteiger partial charge in [0.05, 0.1) is 11.8 Å². The van der Waals surface area contributed by atoms with Crippen molar-refractivity contribution in [3.8, 4) is 11.8 Å². The molecule has 1 N–H and O–H groups in total. The molecule has 0 amide bonds. The van der Waals surface area contributed by atoms with E-state index in [-0.39, 0.29) is 0 Å². The fraction of sp³-hybridized carbons (Fsp3) is 0. The van der Waals surface area contributed by atoms with Crippen LogP contribution >= 0.6 is 0 Å². The van der Waals surface area contributed by atoms with E-state index in [2.05, 4.69) is 10.3 Å². The third kappa shape index (κ3) is 1.67. The Morgan fingerprint density at radius 1 is 1.70 bits per heavy atom. The normalized spacial score (nSPS) is 8.00. The fourth-order valence-corrected chi connectivity index (χ4v) is 0.461. The molecule has 0 aromatic carbocycles. The molecule has 3 heteroatoms. The van der Waals surface area contributed by atoms with Crippen LogP contribution in [0.4, 0.5) is 0 Å². The Hall–Kier alpha value is -1.69. The van der Waals surface area contributed by atoms with Crippen LogP contribution in [0.2, 0.25) is 0 Å². The first-order valence-corrected chi connectivity index (χ1v) is 2.56. The van der Waals surface area contributed by atoms with Gasteiger partial charge in [-0.15, -0.1) is 0 Å². The maximum absolute atomic E-state index is 9.89. The summed E-state index contributed by atoms with van der Waals surface area (Å²) in [5.74, 6) is 3.20. The van der Waals surface area contributed by atoms with Crippen LogP contribution in [0.15, 0.2) is 23.0 Å². The SMILES string of the molecule is O=C(O)C#Cc1ccoc1. The van der Waals surface area contributed by atoms with Crippen molar-refractivity contribution in [2.75, 3.05) is 0 Å². The molecule has 0 atom stereocenters. The molecule has 0 bridgehead atoms. The lowest BCUT2D eigenvalue weighted by Crippen LogP contribution is -1.86. The minimum atomic E-state index is -1.14. The van der Waals surface area contributed by atoms with Crippen LogP contribution in [0.1, 0.15) is 5.56 Å². The second kappa shape index (κ2) is 2.74. The Kier molecular flexibility index (Phi) is 1.76. The standard InChI is InChI=1S/C7H4O3/c8-7(9)2-1-6-3-4-10-5-6/h3-5H,(H,8,9). The first-order chi connectivity index (χ1) is 4.79. The summed E-state index contributed by atoms with van der Waals surface area (Å²) in [5.41, 5.74) is 0.572. The lowest BCUT2D eigenvalue weighted by atomic mass is 10.3. The minimum Gasteiger partial charge on any atom is -0.472 e. The zero-order valence-electron chi connectivity index (χ0n) is 5.00. The molecule has 0 aliphatic rings. The van der Waals surface area contributed by atoms with Gasteiger partial charge in [0.2, 0.25) is 0 Å². The summed E-state index contributed by atoms with van der Waals surface area (Å²) >= 11 is 0. The van der Waals surface area contributed by atoms with Crippen molar-refractivity contribution < 1.29 is 14.3 Å². The third-order valence-electron chi connectivity index (χ3n) is 0.835. The van der Waals surface area contributed by atoms with E-state index in [1.165, 1.54) is 12.5 Å². The highest BCUT2D eigenvalue weighted by molar-refractivity contribution is 5.87. The molecule has 0 saturated carbocycles. The van der Waals surface area contributed by atoms with E-state index in [9.17, 15) is 4.79 Å². The van der Waals surface area contributed by atoms with Crippen LogP contribution in [-0.4, -0.2) is 11.1 Å². The topological polar surface area (TPSA) is 50.4 Å². The summed E-state index contributed by atoms with van der Waals surface area (Å²) in [7, 11) is 0. The molecule has 0 unspecified atom stereocenters. The predicted octanol–water partition coefficient (Wildman–Crippen LogP) is 0.716. The molecule has 1 aromatic rings. The molecule has 1 aromatic heterocycles. The number of hydrogen-bond donors (Lipinski definition) is 1. The van der Waals surface area contributed by atoms with Crippen LogP contribution in [0.5, 0.6) is 0 Å². The maximum Gasteiger partial charge on any atom is 0.382 e. The molecular weight excluding hydrogens is 132 g/mol. The smallest absolute Gasteiger partial charge is 0.382 e. The average molecular weight is 136 g/mol. The number of carboxylic acid groups (broad SMARTS) is 1. The van der Waals surface area contributed by atoms with Crippen LogP contribution in [-0.2, 0) is 4.79 Å². The van der Waals surface area contributed by atoms with E-state index in [0.717, 1.165) is 0 Å². The van der Waals surface area contributed by atoms with Gasteiger partial charge >= 0.3 is 5.97 Å². The lowest BCUT2D eigenvalue weighted by molar-refractivity contribution is -0.130. The zero-order valence-corrected chi connectivity index (χ0v) is 5.00. The van der Waals surface area contributed by atoms with Gasteiger partial charge in [0.25, 0.3) is 0 Å². The molecule has 0 radical (unpaired) electrons. The van der Waals surface area contributed by atoms with Gasteiger partial charge < -0.3 is 9.52 Å². The fourth-order valence-electron chi connectivity index (χ4n) is 0.461. The van der Waals surface area contributed by atoms with Gasteiger partial charge in [0.1, 0.15) is 6.26 Å². The Labute approximate surface area is 57.3 Å². The Morgan fingerprint density at radius 2 is 2.50 bits per heavy atom. The molecule has 0 spiro atoms. The van der Waals surface area contributed by atoms with Crippen LogP contribution < -0.4 is 0 Å². The molecular formula is C7H4O3. The second-order valence-corrected chi connectivity index (χ2v) is 1.57. The van der Waals surface area contributed by atoms with Crippen molar-refractivity contribution in [3.05, 3.63) is 24.2 Å². The number of carbonyl (C=O) groups is 1. The van der Waals surface area contributed by atoms with Gasteiger partial charge in [0.15, 0.2) is 0 Å². The van der Waals surface area contributed by atoms with Crippen molar-refractivity contribution in [1.29, 1.82) is 0 Å². The quantitative estimate of drug-likeness (QED) is 0.534. The predicted molar refractivity (Wildman–Crippen MR) is 33.2 cm³/mol. The highest BCUT2D eigenvalue weighted by Gasteiger charge is 1.87. The molecule has 10 heavy (non-hydrogen) atoms. The van der Waals surface area contributed by atoms with Crippen molar-refractivity contribution >= 4 is 5.97 Å². The summed E-state index contributed by atoms with van der Waals surface area (Å²) in [6.45, 7) is 0. The van der Waals surface area contributed by atoms with E-state index in [1.807, 2.05) is 5.92 Å². The molecule has 0 aliphatic heterocycles. The summed E-state index contributed by atoms with van der Waals surface area (Å²) in [5, 5.41) is 8.11. The highest BCUT2D eigenvalue weighted by atomic mass is 16.4. The number of carboxylic acids is 1. The average Bonchev–Trinajstić information content (AvgIpc) is 2.34. The molecule has 0 fully saturated rings. The summed E-state index contributed by atoms with van der Waals surface area (Å²) < 4.78 is 4.65. The number of furan rings is 1. The first-order valence-electron chi connectivity index (χ1n) is 2.56. The molecule has 3 nitrogen and oxygen atoms in total. The van der Waals surface area contributed by atoms with Gasteiger partial charge in [-0.3, -0.25) is 0 Å². The van der Waals surface area contributed by atoms with Gasteiger partial charge in [0, 0.05) is 5.92 Å². The third-order valence-corrected chi connectivity index (χ3v) is 0.835. The molecule has 1 heterocycles. The maximum atomic E-state index is 9.89. The van der Waals surface area contributed by atoms with Gasteiger partial charge in [-0.1, -0.05) is 5.92 Å². The van der Waals surface area contributed by atoms with E-state index >= 15 is 0 Å². The van der Waals surface area contributed by atoms with Crippen LogP contribution in [0.3, 0.4) is 0 Å².